The molecule has 2 aromatic rings. The molecule has 0 aliphatic carbocycles. The highest BCUT2D eigenvalue weighted by molar-refractivity contribution is 7.84. The number of ether oxygens (including phenoxy) is 1. The maximum atomic E-state index is 12.3. The van der Waals surface area contributed by atoms with Gasteiger partial charge in [0, 0.05) is 24.2 Å². The summed E-state index contributed by atoms with van der Waals surface area (Å²) in [6, 6.07) is 16.4. The molecule has 2 aromatic carbocycles. The fourth-order valence-electron chi connectivity index (χ4n) is 2.49. The van der Waals surface area contributed by atoms with E-state index < -0.39 is 10.8 Å². The van der Waals surface area contributed by atoms with Gasteiger partial charge in [0.15, 0.2) is 0 Å². The molecule has 0 spiro atoms. The van der Waals surface area contributed by atoms with Gasteiger partial charge in [0.25, 0.3) is 0 Å². The Balaban J connectivity index is 2.41. The molecule has 2 nitrogen and oxygen atoms in total. The van der Waals surface area contributed by atoms with E-state index in [0.717, 1.165) is 11.1 Å². The second-order valence-electron chi connectivity index (χ2n) is 5.40. The molecule has 0 heterocycles. The van der Waals surface area contributed by atoms with Crippen LogP contribution < -0.4 is 0 Å². The summed E-state index contributed by atoms with van der Waals surface area (Å²) in [5, 5.41) is -0.168. The summed E-state index contributed by atoms with van der Waals surface area (Å²) in [6.45, 7) is 4.11. The molecule has 0 fully saturated rings. The smallest absolute Gasteiger partial charge is 0.100 e. The van der Waals surface area contributed by atoms with Crippen LogP contribution in [-0.2, 0) is 15.5 Å². The summed E-state index contributed by atoms with van der Waals surface area (Å²) in [5.41, 5.74) is 4.51. The Morgan fingerprint density at radius 1 is 0.857 bits per heavy atom. The van der Waals surface area contributed by atoms with E-state index in [1.54, 1.807) is 13.4 Å². The van der Waals surface area contributed by atoms with Crippen LogP contribution in [-0.4, -0.2) is 17.6 Å². The zero-order chi connectivity index (χ0) is 15.4. The standard InChI is InChI=1S/C18H22O2S/c1-13-5-9-15(10-6-13)17(20-3)18(21(4)19)16-11-7-14(2)8-12-16/h5-12,17-18H,1-4H3. The molecule has 21 heavy (non-hydrogen) atoms. The SMILES string of the molecule is COC(c1ccc(C)cc1)C(c1ccc(C)cc1)S(C)=O. The van der Waals surface area contributed by atoms with Crippen molar-refractivity contribution in [3.8, 4) is 0 Å². The van der Waals surface area contributed by atoms with Crippen LogP contribution in [0.15, 0.2) is 48.5 Å². The minimum Gasteiger partial charge on any atom is -0.375 e. The largest absolute Gasteiger partial charge is 0.375 e. The van der Waals surface area contributed by atoms with Crippen molar-refractivity contribution in [3.05, 3.63) is 70.8 Å². The van der Waals surface area contributed by atoms with Gasteiger partial charge in [-0.05, 0) is 25.0 Å². The zero-order valence-corrected chi connectivity index (χ0v) is 13.8. The minimum absolute atomic E-state index is 0.168. The van der Waals surface area contributed by atoms with Gasteiger partial charge in [-0.25, -0.2) is 0 Å². The molecule has 0 bridgehead atoms. The predicted molar refractivity (Wildman–Crippen MR) is 88.9 cm³/mol. The van der Waals surface area contributed by atoms with Gasteiger partial charge in [0.2, 0.25) is 0 Å². The molecule has 0 aliphatic rings. The van der Waals surface area contributed by atoms with Crippen molar-refractivity contribution in [1.29, 1.82) is 0 Å². The molecule has 0 N–H and O–H groups in total. The van der Waals surface area contributed by atoms with Gasteiger partial charge in [-0.2, -0.15) is 0 Å². The van der Waals surface area contributed by atoms with Crippen molar-refractivity contribution >= 4 is 10.8 Å². The lowest BCUT2D eigenvalue weighted by Crippen LogP contribution is -2.17. The highest BCUT2D eigenvalue weighted by Gasteiger charge is 2.28. The quantitative estimate of drug-likeness (QED) is 0.831. The van der Waals surface area contributed by atoms with Gasteiger partial charge in [0.1, 0.15) is 6.10 Å². The third kappa shape index (κ3) is 3.80. The van der Waals surface area contributed by atoms with Crippen LogP contribution in [0.4, 0.5) is 0 Å². The molecule has 3 unspecified atom stereocenters. The Morgan fingerprint density at radius 3 is 1.67 bits per heavy atom. The Kier molecular flexibility index (Phi) is 5.32. The predicted octanol–water partition coefficient (Wildman–Crippen LogP) is 4.11. The van der Waals surface area contributed by atoms with E-state index in [1.165, 1.54) is 11.1 Å². The molecule has 2 rings (SSSR count). The molecule has 3 heteroatoms. The minimum atomic E-state index is -1.02. The number of benzene rings is 2. The first-order chi connectivity index (χ1) is 10.0. The third-order valence-electron chi connectivity index (χ3n) is 3.70. The van der Waals surface area contributed by atoms with Crippen molar-refractivity contribution in [2.75, 3.05) is 13.4 Å². The first kappa shape index (κ1) is 15.9. The second kappa shape index (κ2) is 7.01. The maximum absolute atomic E-state index is 12.3. The van der Waals surface area contributed by atoms with Crippen molar-refractivity contribution in [2.45, 2.75) is 25.2 Å². The molecular formula is C18H22O2S. The lowest BCUT2D eigenvalue weighted by atomic mass is 9.99. The van der Waals surface area contributed by atoms with Gasteiger partial charge < -0.3 is 4.74 Å². The molecule has 112 valence electrons. The molecule has 0 radical (unpaired) electrons. The van der Waals surface area contributed by atoms with Crippen LogP contribution in [0.3, 0.4) is 0 Å². The topological polar surface area (TPSA) is 26.3 Å². The third-order valence-corrected chi connectivity index (χ3v) is 4.93. The summed E-state index contributed by atoms with van der Waals surface area (Å²) >= 11 is 0. The number of hydrogen-bond acceptors (Lipinski definition) is 2. The van der Waals surface area contributed by atoms with Gasteiger partial charge >= 0.3 is 0 Å². The summed E-state index contributed by atoms with van der Waals surface area (Å²) in [6.07, 6.45) is 1.53. The van der Waals surface area contributed by atoms with E-state index in [1.807, 2.05) is 12.1 Å². The van der Waals surface area contributed by atoms with Crippen LogP contribution in [0.25, 0.3) is 0 Å². The average molecular weight is 302 g/mol. The van der Waals surface area contributed by atoms with E-state index in [0.29, 0.717) is 0 Å². The summed E-state index contributed by atoms with van der Waals surface area (Å²) < 4.78 is 18.0. The first-order valence-corrected chi connectivity index (χ1v) is 8.63. The first-order valence-electron chi connectivity index (χ1n) is 7.01. The molecule has 0 aliphatic heterocycles. The van der Waals surface area contributed by atoms with Crippen molar-refractivity contribution in [1.82, 2.24) is 0 Å². The van der Waals surface area contributed by atoms with Crippen LogP contribution in [0.1, 0.15) is 33.6 Å². The fourth-order valence-corrected chi connectivity index (χ4v) is 3.64. The summed E-state index contributed by atoms with van der Waals surface area (Å²) in [4.78, 5) is 0. The van der Waals surface area contributed by atoms with Crippen LogP contribution in [0, 0.1) is 13.8 Å². The summed E-state index contributed by atoms with van der Waals surface area (Å²) in [7, 11) is 0.657. The van der Waals surface area contributed by atoms with E-state index in [2.05, 4.69) is 50.2 Å². The van der Waals surface area contributed by atoms with Crippen molar-refractivity contribution < 1.29 is 8.95 Å². The fraction of sp³-hybridized carbons (Fsp3) is 0.333. The van der Waals surface area contributed by atoms with Crippen LogP contribution in [0.2, 0.25) is 0 Å². The van der Waals surface area contributed by atoms with E-state index >= 15 is 0 Å². The lowest BCUT2D eigenvalue weighted by molar-refractivity contribution is 0.0998. The average Bonchev–Trinajstić information content (AvgIpc) is 2.47. The molecule has 0 amide bonds. The van der Waals surface area contributed by atoms with Crippen LogP contribution >= 0.6 is 0 Å². The van der Waals surface area contributed by atoms with E-state index in [9.17, 15) is 4.21 Å². The van der Waals surface area contributed by atoms with Crippen LogP contribution in [0.5, 0.6) is 0 Å². The lowest BCUT2D eigenvalue weighted by Gasteiger charge is -2.25. The zero-order valence-electron chi connectivity index (χ0n) is 13.0. The normalized spacial score (nSPS) is 15.4. The Morgan fingerprint density at radius 2 is 1.29 bits per heavy atom. The van der Waals surface area contributed by atoms with Crippen molar-refractivity contribution in [3.63, 3.8) is 0 Å². The second-order valence-corrected chi connectivity index (χ2v) is 6.90. The number of hydrogen-bond donors (Lipinski definition) is 0. The number of aryl methyl sites for hydroxylation is 2. The Bertz CT molecular complexity index is 602. The monoisotopic (exact) mass is 302 g/mol. The van der Waals surface area contributed by atoms with Gasteiger partial charge in [-0.3, -0.25) is 4.21 Å². The van der Waals surface area contributed by atoms with E-state index in [-0.39, 0.29) is 11.4 Å². The summed E-state index contributed by atoms with van der Waals surface area (Å²) in [5.74, 6) is 0. The van der Waals surface area contributed by atoms with Gasteiger partial charge in [-0.1, -0.05) is 59.7 Å². The number of methoxy groups -OCH3 is 1. The van der Waals surface area contributed by atoms with Gasteiger partial charge in [0.05, 0.1) is 5.25 Å². The molecule has 0 saturated carbocycles. The van der Waals surface area contributed by atoms with E-state index in [4.69, 9.17) is 4.74 Å². The molecule has 0 aromatic heterocycles. The Hall–Kier alpha value is -1.45. The molecule has 3 atom stereocenters. The molecular weight excluding hydrogens is 280 g/mol. The molecule has 0 saturated heterocycles. The maximum Gasteiger partial charge on any atom is 0.100 e. The Labute approximate surface area is 129 Å². The highest BCUT2D eigenvalue weighted by atomic mass is 32.2. The van der Waals surface area contributed by atoms with Gasteiger partial charge in [-0.15, -0.1) is 0 Å². The highest BCUT2D eigenvalue weighted by Crippen LogP contribution is 2.36. The number of rotatable bonds is 5. The van der Waals surface area contributed by atoms with Crippen molar-refractivity contribution in [2.24, 2.45) is 0 Å².